The highest BCUT2D eigenvalue weighted by Crippen LogP contribution is 2.26. The molecular weight excluding hydrogens is 428 g/mol. The highest BCUT2D eigenvalue weighted by atomic mass is 79.9. The number of imide groups is 2. The van der Waals surface area contributed by atoms with Crippen LogP contribution in [0, 0.1) is 0 Å². The molecule has 2 aromatic heterocycles. The standard InChI is InChI=1S/C20H13BrN2O5/c21-13-4-1-3-12(9-13)17-7-6-14(28-17)10-16-18(24)22-20(26)23(19(16)25)11-15-5-2-8-27-15/h1-10H,11H2,(H,22,24,26). The molecular formula is C20H13BrN2O5. The lowest BCUT2D eigenvalue weighted by atomic mass is 10.1. The number of nitrogens with one attached hydrogen (secondary N) is 1. The van der Waals surface area contributed by atoms with Gasteiger partial charge in [-0.3, -0.25) is 19.8 Å². The first-order valence-electron chi connectivity index (χ1n) is 8.28. The average Bonchev–Trinajstić information content (AvgIpc) is 3.34. The van der Waals surface area contributed by atoms with Crippen molar-refractivity contribution in [3.05, 3.63) is 76.4 Å². The van der Waals surface area contributed by atoms with Gasteiger partial charge in [0.1, 0.15) is 22.9 Å². The molecule has 1 aromatic carbocycles. The average molecular weight is 441 g/mol. The van der Waals surface area contributed by atoms with Crippen molar-refractivity contribution in [3.63, 3.8) is 0 Å². The van der Waals surface area contributed by atoms with E-state index in [9.17, 15) is 14.4 Å². The van der Waals surface area contributed by atoms with Crippen LogP contribution in [-0.4, -0.2) is 22.7 Å². The molecule has 28 heavy (non-hydrogen) atoms. The van der Waals surface area contributed by atoms with Gasteiger partial charge in [0.15, 0.2) is 0 Å². The normalized spacial score (nSPS) is 16.0. The number of amides is 4. The Bertz CT molecular complexity index is 1100. The lowest BCUT2D eigenvalue weighted by Crippen LogP contribution is -2.53. The summed E-state index contributed by atoms with van der Waals surface area (Å²) < 4.78 is 11.8. The summed E-state index contributed by atoms with van der Waals surface area (Å²) in [7, 11) is 0. The number of barbiturate groups is 1. The van der Waals surface area contributed by atoms with E-state index in [0.29, 0.717) is 17.3 Å². The maximum absolute atomic E-state index is 12.7. The van der Waals surface area contributed by atoms with Gasteiger partial charge in [0.2, 0.25) is 0 Å². The second-order valence-electron chi connectivity index (χ2n) is 6.00. The molecule has 1 fully saturated rings. The van der Waals surface area contributed by atoms with Crippen molar-refractivity contribution < 1.29 is 23.2 Å². The summed E-state index contributed by atoms with van der Waals surface area (Å²) in [6, 6.07) is 13.4. The number of nitrogens with zero attached hydrogens (tertiary/aromatic N) is 1. The van der Waals surface area contributed by atoms with Crippen LogP contribution in [0.15, 0.2) is 73.7 Å². The minimum absolute atomic E-state index is 0.0796. The van der Waals surface area contributed by atoms with E-state index >= 15 is 0 Å². The third kappa shape index (κ3) is 3.54. The molecule has 4 amide bonds. The molecule has 0 saturated carbocycles. The molecule has 1 saturated heterocycles. The Morgan fingerprint density at radius 1 is 1.07 bits per heavy atom. The minimum Gasteiger partial charge on any atom is -0.467 e. The molecule has 0 unspecified atom stereocenters. The van der Waals surface area contributed by atoms with Gasteiger partial charge in [-0.1, -0.05) is 28.1 Å². The van der Waals surface area contributed by atoms with Crippen LogP contribution in [-0.2, 0) is 16.1 Å². The number of halogens is 1. The van der Waals surface area contributed by atoms with Crippen LogP contribution in [0.4, 0.5) is 4.79 Å². The smallest absolute Gasteiger partial charge is 0.331 e. The van der Waals surface area contributed by atoms with Crippen molar-refractivity contribution in [2.45, 2.75) is 6.54 Å². The number of hydrogen-bond acceptors (Lipinski definition) is 5. The van der Waals surface area contributed by atoms with Crippen molar-refractivity contribution in [1.29, 1.82) is 0 Å². The van der Waals surface area contributed by atoms with Crippen molar-refractivity contribution in [2.24, 2.45) is 0 Å². The van der Waals surface area contributed by atoms with Crippen LogP contribution in [0.25, 0.3) is 17.4 Å². The van der Waals surface area contributed by atoms with Crippen LogP contribution in [0.1, 0.15) is 11.5 Å². The molecule has 1 N–H and O–H groups in total. The van der Waals surface area contributed by atoms with Crippen molar-refractivity contribution >= 4 is 39.9 Å². The summed E-state index contributed by atoms with van der Waals surface area (Å²) in [5.41, 5.74) is 0.648. The number of carbonyl (C=O) groups is 3. The second kappa shape index (κ2) is 7.32. The lowest BCUT2D eigenvalue weighted by Gasteiger charge is -2.25. The molecule has 7 nitrogen and oxygen atoms in total. The molecule has 0 atom stereocenters. The van der Waals surface area contributed by atoms with Gasteiger partial charge in [-0.15, -0.1) is 0 Å². The number of rotatable bonds is 4. The number of urea groups is 1. The molecule has 4 rings (SSSR count). The zero-order valence-corrected chi connectivity index (χ0v) is 15.9. The Morgan fingerprint density at radius 3 is 2.68 bits per heavy atom. The number of hydrogen-bond donors (Lipinski definition) is 1. The largest absolute Gasteiger partial charge is 0.467 e. The first-order chi connectivity index (χ1) is 13.5. The fourth-order valence-electron chi connectivity index (χ4n) is 2.77. The van der Waals surface area contributed by atoms with Gasteiger partial charge in [-0.2, -0.15) is 0 Å². The highest BCUT2D eigenvalue weighted by molar-refractivity contribution is 9.10. The second-order valence-corrected chi connectivity index (χ2v) is 6.92. The summed E-state index contributed by atoms with van der Waals surface area (Å²) in [4.78, 5) is 37.8. The summed E-state index contributed by atoms with van der Waals surface area (Å²) >= 11 is 3.40. The van der Waals surface area contributed by atoms with Gasteiger partial charge in [-0.05, 0) is 42.5 Å². The number of benzene rings is 1. The maximum Gasteiger partial charge on any atom is 0.331 e. The SMILES string of the molecule is O=C1NC(=O)N(Cc2ccco2)C(=O)C1=Cc1ccc(-c2cccc(Br)c2)o1. The van der Waals surface area contributed by atoms with Gasteiger partial charge in [0.05, 0.1) is 12.8 Å². The molecule has 8 heteroatoms. The summed E-state index contributed by atoms with van der Waals surface area (Å²) in [6.45, 7) is -0.0796. The Balaban J connectivity index is 1.62. The monoisotopic (exact) mass is 440 g/mol. The molecule has 0 aliphatic carbocycles. The van der Waals surface area contributed by atoms with E-state index in [1.54, 1.807) is 24.3 Å². The molecule has 1 aliphatic rings. The molecule has 0 bridgehead atoms. The van der Waals surface area contributed by atoms with Crippen LogP contribution in [0.3, 0.4) is 0 Å². The van der Waals surface area contributed by atoms with Crippen LogP contribution in [0.5, 0.6) is 0 Å². The van der Waals surface area contributed by atoms with Crippen molar-refractivity contribution in [2.75, 3.05) is 0 Å². The molecule has 3 aromatic rings. The lowest BCUT2D eigenvalue weighted by molar-refractivity contribution is -0.130. The quantitative estimate of drug-likeness (QED) is 0.489. The van der Waals surface area contributed by atoms with Gasteiger partial charge >= 0.3 is 6.03 Å². The number of carbonyl (C=O) groups excluding carboxylic acids is 3. The van der Waals surface area contributed by atoms with E-state index in [1.165, 1.54) is 12.3 Å². The highest BCUT2D eigenvalue weighted by Gasteiger charge is 2.36. The van der Waals surface area contributed by atoms with E-state index in [-0.39, 0.29) is 12.1 Å². The third-order valence-corrected chi connectivity index (χ3v) is 4.60. The Labute approximate surface area is 167 Å². The summed E-state index contributed by atoms with van der Waals surface area (Å²) in [5, 5.41) is 2.16. The van der Waals surface area contributed by atoms with Gasteiger partial charge in [0.25, 0.3) is 11.8 Å². The molecule has 140 valence electrons. The zero-order chi connectivity index (χ0) is 19.7. The molecule has 0 spiro atoms. The predicted molar refractivity (Wildman–Crippen MR) is 103 cm³/mol. The minimum atomic E-state index is -0.794. The Hall–Kier alpha value is -3.39. The first kappa shape index (κ1) is 18.0. The molecule has 0 radical (unpaired) electrons. The molecule has 1 aliphatic heterocycles. The first-order valence-corrected chi connectivity index (χ1v) is 9.07. The Morgan fingerprint density at radius 2 is 1.93 bits per heavy atom. The van der Waals surface area contributed by atoms with Crippen LogP contribution < -0.4 is 5.32 Å². The maximum atomic E-state index is 12.7. The molecule has 3 heterocycles. The van der Waals surface area contributed by atoms with E-state index in [0.717, 1.165) is 14.9 Å². The van der Waals surface area contributed by atoms with E-state index in [2.05, 4.69) is 21.2 Å². The van der Waals surface area contributed by atoms with Crippen LogP contribution >= 0.6 is 15.9 Å². The Kier molecular flexibility index (Phi) is 4.70. The van der Waals surface area contributed by atoms with Gasteiger partial charge in [0, 0.05) is 10.0 Å². The van der Waals surface area contributed by atoms with Gasteiger partial charge in [-0.25, -0.2) is 4.79 Å². The predicted octanol–water partition coefficient (Wildman–Crippen LogP) is 3.96. The van der Waals surface area contributed by atoms with Gasteiger partial charge < -0.3 is 8.83 Å². The van der Waals surface area contributed by atoms with Crippen LogP contribution in [0.2, 0.25) is 0 Å². The fourth-order valence-corrected chi connectivity index (χ4v) is 3.16. The number of furan rings is 2. The van der Waals surface area contributed by atoms with E-state index < -0.39 is 17.8 Å². The zero-order valence-electron chi connectivity index (χ0n) is 14.3. The third-order valence-electron chi connectivity index (χ3n) is 4.10. The summed E-state index contributed by atoms with van der Waals surface area (Å²) in [5.74, 6) is -0.162. The van der Waals surface area contributed by atoms with Crippen molar-refractivity contribution in [3.8, 4) is 11.3 Å². The summed E-state index contributed by atoms with van der Waals surface area (Å²) in [6.07, 6.45) is 2.76. The van der Waals surface area contributed by atoms with E-state index in [4.69, 9.17) is 8.83 Å². The topological polar surface area (TPSA) is 92.8 Å². The fraction of sp³-hybridized carbons (Fsp3) is 0.0500. The van der Waals surface area contributed by atoms with Crippen molar-refractivity contribution in [1.82, 2.24) is 10.2 Å². The van der Waals surface area contributed by atoms with E-state index in [1.807, 2.05) is 24.3 Å².